The maximum absolute atomic E-state index is 10.8. The lowest BCUT2D eigenvalue weighted by Gasteiger charge is -2.29. The molecule has 1 heterocycles. The van der Waals surface area contributed by atoms with Gasteiger partial charge in [-0.1, -0.05) is 36.2 Å². The molecule has 29 heavy (non-hydrogen) atoms. The SMILES string of the molecule is CCC1(c2ccc(Cl)c(Cl)c2)CC(O)N(Cc2cc(OC)c(OC)c(OC)c2)C1. The minimum Gasteiger partial charge on any atom is -0.493 e. The molecule has 0 radical (unpaired) electrons. The van der Waals surface area contributed by atoms with E-state index in [0.29, 0.717) is 46.8 Å². The number of hydrogen-bond donors (Lipinski definition) is 1. The summed E-state index contributed by atoms with van der Waals surface area (Å²) in [5, 5.41) is 11.9. The molecule has 1 aliphatic rings. The van der Waals surface area contributed by atoms with Crippen molar-refractivity contribution in [3.63, 3.8) is 0 Å². The van der Waals surface area contributed by atoms with Gasteiger partial charge in [0, 0.05) is 18.5 Å². The summed E-state index contributed by atoms with van der Waals surface area (Å²) in [6.45, 7) is 3.40. The Bertz CT molecular complexity index is 851. The third-order valence-corrected chi connectivity index (χ3v) is 6.56. The van der Waals surface area contributed by atoms with Crippen molar-refractivity contribution in [3.8, 4) is 17.2 Å². The van der Waals surface area contributed by atoms with Crippen molar-refractivity contribution in [3.05, 3.63) is 51.5 Å². The molecule has 0 spiro atoms. The lowest BCUT2D eigenvalue weighted by Crippen LogP contribution is -2.32. The second kappa shape index (κ2) is 9.00. The molecule has 0 aliphatic carbocycles. The molecule has 3 rings (SSSR count). The van der Waals surface area contributed by atoms with Gasteiger partial charge in [-0.05, 0) is 48.2 Å². The number of aliphatic hydroxyl groups excluding tert-OH is 1. The fraction of sp³-hybridized carbons (Fsp3) is 0.455. The van der Waals surface area contributed by atoms with Crippen LogP contribution in [0.1, 0.15) is 30.9 Å². The summed E-state index contributed by atoms with van der Waals surface area (Å²) in [5.74, 6) is 1.75. The van der Waals surface area contributed by atoms with Gasteiger partial charge in [-0.15, -0.1) is 0 Å². The fourth-order valence-corrected chi connectivity index (χ4v) is 4.45. The number of hydrogen-bond acceptors (Lipinski definition) is 5. The minimum atomic E-state index is -0.566. The van der Waals surface area contributed by atoms with Gasteiger partial charge in [-0.25, -0.2) is 0 Å². The summed E-state index contributed by atoms with van der Waals surface area (Å²) in [4.78, 5) is 2.06. The number of rotatable bonds is 7. The van der Waals surface area contributed by atoms with Crippen LogP contribution in [-0.2, 0) is 12.0 Å². The Morgan fingerprint density at radius 2 is 1.69 bits per heavy atom. The largest absolute Gasteiger partial charge is 0.493 e. The average molecular weight is 440 g/mol. The molecule has 1 saturated heterocycles. The molecule has 2 aromatic rings. The molecule has 0 saturated carbocycles. The van der Waals surface area contributed by atoms with Gasteiger partial charge in [0.05, 0.1) is 31.4 Å². The van der Waals surface area contributed by atoms with Crippen LogP contribution in [0.4, 0.5) is 0 Å². The first-order valence-corrected chi connectivity index (χ1v) is 10.3. The van der Waals surface area contributed by atoms with E-state index < -0.39 is 6.23 Å². The zero-order chi connectivity index (χ0) is 21.2. The third kappa shape index (κ3) is 4.29. The van der Waals surface area contributed by atoms with Gasteiger partial charge in [0.15, 0.2) is 11.5 Å². The first kappa shape index (κ1) is 22.0. The average Bonchev–Trinajstić information content (AvgIpc) is 3.05. The molecule has 1 fully saturated rings. The van der Waals surface area contributed by atoms with Gasteiger partial charge in [0.25, 0.3) is 0 Å². The number of aliphatic hydroxyl groups is 1. The van der Waals surface area contributed by atoms with Crippen molar-refractivity contribution >= 4 is 23.2 Å². The molecule has 0 bridgehead atoms. The van der Waals surface area contributed by atoms with Crippen molar-refractivity contribution in [2.24, 2.45) is 0 Å². The Hall–Kier alpha value is -1.66. The van der Waals surface area contributed by atoms with Crippen LogP contribution in [0.2, 0.25) is 10.0 Å². The summed E-state index contributed by atoms with van der Waals surface area (Å²) < 4.78 is 16.3. The molecule has 158 valence electrons. The zero-order valence-electron chi connectivity index (χ0n) is 17.2. The topological polar surface area (TPSA) is 51.2 Å². The Morgan fingerprint density at radius 3 is 2.21 bits per heavy atom. The maximum atomic E-state index is 10.8. The predicted octanol–water partition coefficient (Wildman–Crippen LogP) is 4.89. The van der Waals surface area contributed by atoms with Crippen molar-refractivity contribution in [1.29, 1.82) is 0 Å². The molecule has 2 unspecified atom stereocenters. The highest BCUT2D eigenvalue weighted by Crippen LogP contribution is 2.43. The second-order valence-corrected chi connectivity index (χ2v) is 8.20. The van der Waals surface area contributed by atoms with Crippen LogP contribution in [0, 0.1) is 0 Å². The summed E-state index contributed by atoms with van der Waals surface area (Å²) in [6.07, 6.45) is 0.947. The van der Waals surface area contributed by atoms with Gasteiger partial charge < -0.3 is 19.3 Å². The van der Waals surface area contributed by atoms with Gasteiger partial charge >= 0.3 is 0 Å². The molecular weight excluding hydrogens is 413 g/mol. The fourth-order valence-electron chi connectivity index (χ4n) is 4.16. The molecular formula is C22H27Cl2NO4. The van der Waals surface area contributed by atoms with E-state index in [1.54, 1.807) is 21.3 Å². The third-order valence-electron chi connectivity index (χ3n) is 5.82. The Morgan fingerprint density at radius 1 is 1.03 bits per heavy atom. The van der Waals surface area contributed by atoms with Crippen molar-refractivity contribution in [1.82, 2.24) is 4.90 Å². The lowest BCUT2D eigenvalue weighted by molar-refractivity contribution is 0.0326. The molecule has 5 nitrogen and oxygen atoms in total. The van der Waals surface area contributed by atoms with Crippen LogP contribution in [0.3, 0.4) is 0 Å². The van der Waals surface area contributed by atoms with E-state index in [1.165, 1.54) is 0 Å². The molecule has 2 aromatic carbocycles. The van der Waals surface area contributed by atoms with Gasteiger partial charge in [-0.3, -0.25) is 4.90 Å². The van der Waals surface area contributed by atoms with Crippen molar-refractivity contribution < 1.29 is 19.3 Å². The number of methoxy groups -OCH3 is 3. The lowest BCUT2D eigenvalue weighted by atomic mass is 9.77. The van der Waals surface area contributed by atoms with Crippen LogP contribution in [0.15, 0.2) is 30.3 Å². The standard InChI is InChI=1S/C22H27Cl2NO4/c1-5-22(15-6-7-16(23)17(24)10-15)11-20(26)25(13-22)12-14-8-18(27-2)21(29-4)19(9-14)28-3/h6-10,20,26H,5,11-13H2,1-4H3. The molecule has 1 N–H and O–H groups in total. The first-order chi connectivity index (χ1) is 13.9. The highest BCUT2D eigenvalue weighted by molar-refractivity contribution is 6.42. The Labute approximate surface area is 182 Å². The smallest absolute Gasteiger partial charge is 0.203 e. The number of ether oxygens (including phenoxy) is 3. The molecule has 0 amide bonds. The van der Waals surface area contributed by atoms with Crippen LogP contribution >= 0.6 is 23.2 Å². The highest BCUT2D eigenvalue weighted by Gasteiger charge is 2.43. The van der Waals surface area contributed by atoms with Gasteiger partial charge in [0.1, 0.15) is 6.23 Å². The number of nitrogens with zero attached hydrogens (tertiary/aromatic N) is 1. The minimum absolute atomic E-state index is 0.186. The van der Waals surface area contributed by atoms with E-state index in [1.807, 2.05) is 30.3 Å². The molecule has 0 aromatic heterocycles. The summed E-state index contributed by atoms with van der Waals surface area (Å²) >= 11 is 12.4. The van der Waals surface area contributed by atoms with Gasteiger partial charge in [-0.2, -0.15) is 0 Å². The van der Waals surface area contributed by atoms with Crippen LogP contribution in [0.25, 0.3) is 0 Å². The van der Waals surface area contributed by atoms with Crippen LogP contribution in [-0.4, -0.2) is 44.1 Å². The van der Waals surface area contributed by atoms with Crippen molar-refractivity contribution in [2.75, 3.05) is 27.9 Å². The molecule has 7 heteroatoms. The second-order valence-electron chi connectivity index (χ2n) is 7.39. The van der Waals surface area contributed by atoms with E-state index in [4.69, 9.17) is 37.4 Å². The van der Waals surface area contributed by atoms with E-state index >= 15 is 0 Å². The van der Waals surface area contributed by atoms with Crippen molar-refractivity contribution in [2.45, 2.75) is 38.0 Å². The van der Waals surface area contributed by atoms with Crippen LogP contribution < -0.4 is 14.2 Å². The van der Waals surface area contributed by atoms with E-state index in [-0.39, 0.29) is 5.41 Å². The van der Waals surface area contributed by atoms with E-state index in [2.05, 4.69) is 11.8 Å². The maximum Gasteiger partial charge on any atom is 0.203 e. The monoisotopic (exact) mass is 439 g/mol. The predicted molar refractivity (Wildman–Crippen MR) is 116 cm³/mol. The zero-order valence-corrected chi connectivity index (χ0v) is 18.7. The molecule has 1 aliphatic heterocycles. The number of halogens is 2. The summed E-state index contributed by atoms with van der Waals surface area (Å²) in [6, 6.07) is 9.58. The quantitative estimate of drug-likeness (QED) is 0.665. The number of likely N-dealkylation sites (tertiary alicyclic amines) is 1. The Balaban J connectivity index is 1.88. The van der Waals surface area contributed by atoms with E-state index in [0.717, 1.165) is 17.5 Å². The van der Waals surface area contributed by atoms with E-state index in [9.17, 15) is 5.11 Å². The molecule has 2 atom stereocenters. The Kier molecular flexibility index (Phi) is 6.84. The van der Waals surface area contributed by atoms with Gasteiger partial charge in [0.2, 0.25) is 5.75 Å². The number of benzene rings is 2. The summed E-state index contributed by atoms with van der Waals surface area (Å²) in [7, 11) is 4.77. The summed E-state index contributed by atoms with van der Waals surface area (Å²) in [5.41, 5.74) is 1.88. The first-order valence-electron chi connectivity index (χ1n) is 9.54. The normalized spacial score (nSPS) is 22.0. The van der Waals surface area contributed by atoms with Crippen LogP contribution in [0.5, 0.6) is 17.2 Å². The highest BCUT2D eigenvalue weighted by atomic mass is 35.5.